The van der Waals surface area contributed by atoms with Gasteiger partial charge >= 0.3 is 0 Å². The summed E-state index contributed by atoms with van der Waals surface area (Å²) in [4.78, 5) is 4.36. The molecule has 2 rings (SSSR count). The molecule has 0 aliphatic rings. The van der Waals surface area contributed by atoms with Crippen LogP contribution in [0.4, 0.5) is 0 Å². The molecule has 0 aliphatic carbocycles. The molecule has 1 atom stereocenters. The van der Waals surface area contributed by atoms with Crippen molar-refractivity contribution >= 4 is 5.65 Å². The topological polar surface area (TPSA) is 37.5 Å². The highest BCUT2D eigenvalue weighted by atomic mass is 16.3. The highest BCUT2D eigenvalue weighted by molar-refractivity contribution is 5.39. The fraction of sp³-hybridized carbons (Fsp3) is 0.300. The normalized spacial score (nSPS) is 13.4. The van der Waals surface area contributed by atoms with Gasteiger partial charge in [0.1, 0.15) is 5.65 Å². The molecule has 0 unspecified atom stereocenters. The van der Waals surface area contributed by atoms with E-state index < -0.39 is 0 Å². The molecule has 13 heavy (non-hydrogen) atoms. The van der Waals surface area contributed by atoms with Gasteiger partial charge in [-0.3, -0.25) is 0 Å². The summed E-state index contributed by atoms with van der Waals surface area (Å²) < 4.78 is 1.96. The molecule has 68 valence electrons. The Labute approximate surface area is 76.7 Å². The van der Waals surface area contributed by atoms with Gasteiger partial charge < -0.3 is 9.51 Å². The predicted octanol–water partition coefficient (Wildman–Crippen LogP) is 1.26. The maximum absolute atomic E-state index is 9.18. The number of rotatable bonds is 2. The molecular formula is C10H12N2O. The highest BCUT2D eigenvalue weighted by Crippen LogP contribution is 2.06. The fourth-order valence-electron chi connectivity index (χ4n) is 1.39. The third-order valence-corrected chi connectivity index (χ3v) is 1.92. The average molecular weight is 176 g/mol. The Morgan fingerprint density at radius 3 is 3.08 bits per heavy atom. The van der Waals surface area contributed by atoms with Crippen LogP contribution >= 0.6 is 0 Å². The van der Waals surface area contributed by atoms with Crippen LogP contribution in [0, 0.1) is 0 Å². The Morgan fingerprint density at radius 2 is 2.38 bits per heavy atom. The van der Waals surface area contributed by atoms with Crippen LogP contribution < -0.4 is 0 Å². The largest absolute Gasteiger partial charge is 0.393 e. The van der Waals surface area contributed by atoms with Crippen LogP contribution in [0.2, 0.25) is 0 Å². The van der Waals surface area contributed by atoms with Gasteiger partial charge in [-0.2, -0.15) is 0 Å². The van der Waals surface area contributed by atoms with Gasteiger partial charge in [-0.05, 0) is 19.1 Å². The molecule has 0 amide bonds. The molecule has 0 radical (unpaired) electrons. The molecule has 0 aromatic carbocycles. The van der Waals surface area contributed by atoms with Crippen molar-refractivity contribution in [2.45, 2.75) is 19.4 Å². The van der Waals surface area contributed by atoms with E-state index in [1.54, 1.807) is 6.92 Å². The molecule has 0 spiro atoms. The van der Waals surface area contributed by atoms with Crippen LogP contribution in [-0.2, 0) is 6.42 Å². The predicted molar refractivity (Wildman–Crippen MR) is 50.6 cm³/mol. The maximum Gasteiger partial charge on any atom is 0.136 e. The number of aliphatic hydroxyl groups is 1. The lowest BCUT2D eigenvalue weighted by Gasteiger charge is -1.97. The van der Waals surface area contributed by atoms with Crippen LogP contribution in [0.5, 0.6) is 0 Å². The molecule has 2 aromatic heterocycles. The first-order chi connectivity index (χ1) is 6.25. The quantitative estimate of drug-likeness (QED) is 0.748. The first-order valence-electron chi connectivity index (χ1n) is 4.36. The van der Waals surface area contributed by atoms with E-state index in [-0.39, 0.29) is 6.10 Å². The monoisotopic (exact) mass is 176 g/mol. The van der Waals surface area contributed by atoms with Gasteiger partial charge in [0.2, 0.25) is 0 Å². The van der Waals surface area contributed by atoms with Crippen molar-refractivity contribution in [2.75, 3.05) is 0 Å². The van der Waals surface area contributed by atoms with Crippen LogP contribution in [0.3, 0.4) is 0 Å². The molecule has 0 saturated heterocycles. The minimum absolute atomic E-state index is 0.329. The van der Waals surface area contributed by atoms with Crippen molar-refractivity contribution in [3.05, 3.63) is 36.3 Å². The first kappa shape index (κ1) is 8.26. The van der Waals surface area contributed by atoms with Gasteiger partial charge in [-0.1, -0.05) is 6.07 Å². The van der Waals surface area contributed by atoms with Crippen LogP contribution in [0.1, 0.15) is 12.6 Å². The molecule has 0 fully saturated rings. The third kappa shape index (κ3) is 1.70. The SMILES string of the molecule is C[C@@H](O)Cc1cn2ccccc2n1. The van der Waals surface area contributed by atoms with Gasteiger partial charge in [0.05, 0.1) is 11.8 Å². The molecule has 0 bridgehead atoms. The van der Waals surface area contributed by atoms with Gasteiger partial charge in [0, 0.05) is 18.8 Å². The number of pyridine rings is 1. The minimum Gasteiger partial charge on any atom is -0.393 e. The second-order valence-electron chi connectivity index (χ2n) is 3.25. The lowest BCUT2D eigenvalue weighted by molar-refractivity contribution is 0.194. The number of imidazole rings is 1. The third-order valence-electron chi connectivity index (χ3n) is 1.92. The van der Waals surface area contributed by atoms with Gasteiger partial charge in [-0.25, -0.2) is 4.98 Å². The Morgan fingerprint density at radius 1 is 1.54 bits per heavy atom. The van der Waals surface area contributed by atoms with E-state index in [9.17, 15) is 5.11 Å². The molecular weight excluding hydrogens is 164 g/mol. The number of aliphatic hydroxyl groups excluding tert-OH is 1. The average Bonchev–Trinajstić information content (AvgIpc) is 2.44. The van der Waals surface area contributed by atoms with Crippen molar-refractivity contribution in [2.24, 2.45) is 0 Å². The number of fused-ring (bicyclic) bond motifs is 1. The molecule has 0 aliphatic heterocycles. The Hall–Kier alpha value is -1.35. The Balaban J connectivity index is 2.38. The molecule has 2 heterocycles. The van der Waals surface area contributed by atoms with Gasteiger partial charge in [0.15, 0.2) is 0 Å². The van der Waals surface area contributed by atoms with Crippen LogP contribution in [-0.4, -0.2) is 20.6 Å². The zero-order valence-corrected chi connectivity index (χ0v) is 7.51. The van der Waals surface area contributed by atoms with E-state index in [4.69, 9.17) is 0 Å². The van der Waals surface area contributed by atoms with Crippen LogP contribution in [0.25, 0.3) is 5.65 Å². The highest BCUT2D eigenvalue weighted by Gasteiger charge is 2.03. The van der Waals surface area contributed by atoms with Crippen molar-refractivity contribution < 1.29 is 5.11 Å². The van der Waals surface area contributed by atoms with Crippen molar-refractivity contribution in [3.63, 3.8) is 0 Å². The van der Waals surface area contributed by atoms with Crippen molar-refractivity contribution in [3.8, 4) is 0 Å². The van der Waals surface area contributed by atoms with E-state index in [1.165, 1.54) is 0 Å². The Bertz CT molecular complexity index is 373. The minimum atomic E-state index is -0.329. The van der Waals surface area contributed by atoms with E-state index in [0.717, 1.165) is 11.3 Å². The summed E-state index contributed by atoms with van der Waals surface area (Å²) in [5.74, 6) is 0. The number of aromatic nitrogens is 2. The lowest BCUT2D eigenvalue weighted by Crippen LogP contribution is -2.03. The van der Waals surface area contributed by atoms with E-state index >= 15 is 0 Å². The summed E-state index contributed by atoms with van der Waals surface area (Å²) in [5, 5.41) is 9.18. The fourth-order valence-corrected chi connectivity index (χ4v) is 1.39. The molecule has 2 aromatic rings. The van der Waals surface area contributed by atoms with Crippen molar-refractivity contribution in [1.29, 1.82) is 0 Å². The first-order valence-corrected chi connectivity index (χ1v) is 4.36. The maximum atomic E-state index is 9.18. The second kappa shape index (κ2) is 3.18. The van der Waals surface area contributed by atoms with E-state index in [2.05, 4.69) is 4.98 Å². The molecule has 3 heteroatoms. The summed E-state index contributed by atoms with van der Waals surface area (Å²) in [6.45, 7) is 1.77. The van der Waals surface area contributed by atoms with E-state index in [0.29, 0.717) is 6.42 Å². The smallest absolute Gasteiger partial charge is 0.136 e. The molecule has 1 N–H and O–H groups in total. The van der Waals surface area contributed by atoms with Crippen molar-refractivity contribution in [1.82, 2.24) is 9.38 Å². The van der Waals surface area contributed by atoms with Gasteiger partial charge in [0.25, 0.3) is 0 Å². The lowest BCUT2D eigenvalue weighted by atomic mass is 10.2. The second-order valence-corrected chi connectivity index (χ2v) is 3.25. The zero-order chi connectivity index (χ0) is 9.26. The van der Waals surface area contributed by atoms with E-state index in [1.807, 2.05) is 35.0 Å². The van der Waals surface area contributed by atoms with Crippen LogP contribution in [0.15, 0.2) is 30.6 Å². The van der Waals surface area contributed by atoms with Gasteiger partial charge in [-0.15, -0.1) is 0 Å². The summed E-state index contributed by atoms with van der Waals surface area (Å²) >= 11 is 0. The summed E-state index contributed by atoms with van der Waals surface area (Å²) in [6, 6.07) is 5.86. The number of nitrogens with zero attached hydrogens (tertiary/aromatic N) is 2. The zero-order valence-electron chi connectivity index (χ0n) is 7.51. The Kier molecular flexibility index (Phi) is 2.02. The number of hydrogen-bond acceptors (Lipinski definition) is 2. The number of hydrogen-bond donors (Lipinski definition) is 1. The summed E-state index contributed by atoms with van der Waals surface area (Å²) in [5.41, 5.74) is 1.86. The molecule has 3 nitrogen and oxygen atoms in total. The standard InChI is InChI=1S/C10H12N2O/c1-8(13)6-9-7-12-5-3-2-4-10(12)11-9/h2-5,7-8,13H,6H2,1H3/t8-/m1/s1. The summed E-state index contributed by atoms with van der Waals surface area (Å²) in [6.07, 6.45) is 4.18. The molecule has 0 saturated carbocycles. The summed E-state index contributed by atoms with van der Waals surface area (Å²) in [7, 11) is 0.